The van der Waals surface area contributed by atoms with Crippen molar-refractivity contribution in [3.8, 4) is 5.75 Å². The largest absolute Gasteiger partial charge is 0.495 e. The Morgan fingerprint density at radius 2 is 2.12 bits per heavy atom. The number of amides is 2. The van der Waals surface area contributed by atoms with Crippen LogP contribution in [0.4, 0.5) is 10.5 Å². The summed E-state index contributed by atoms with van der Waals surface area (Å²) in [6, 6.07) is 3.11. The molecular weight excluding hydrogens is 340 g/mol. The number of nitrogens with one attached hydrogen (secondary N) is 2. The van der Waals surface area contributed by atoms with E-state index in [-0.39, 0.29) is 17.5 Å². The number of aromatic nitrogens is 2. The summed E-state index contributed by atoms with van der Waals surface area (Å²) < 4.78 is 7.25. The van der Waals surface area contributed by atoms with Gasteiger partial charge in [-0.1, -0.05) is 32.4 Å². The molecule has 1 atom stereocenters. The van der Waals surface area contributed by atoms with E-state index < -0.39 is 0 Å². The highest BCUT2D eigenvalue weighted by Gasteiger charge is 2.27. The second-order valence-electron chi connectivity index (χ2n) is 7.08. The van der Waals surface area contributed by atoms with Crippen LogP contribution in [0.1, 0.15) is 26.3 Å². The van der Waals surface area contributed by atoms with Crippen molar-refractivity contribution >= 4 is 23.3 Å². The molecule has 7 heteroatoms. The average molecular weight is 365 g/mol. The van der Waals surface area contributed by atoms with Crippen LogP contribution >= 0.6 is 11.6 Å². The molecule has 0 saturated carbocycles. The van der Waals surface area contributed by atoms with Gasteiger partial charge in [-0.3, -0.25) is 0 Å². The summed E-state index contributed by atoms with van der Waals surface area (Å²) in [5.41, 5.74) is 1.32. The fraction of sp³-hybridized carbons (Fsp3) is 0.444. The number of carbonyl (C=O) groups is 1. The topological polar surface area (TPSA) is 68.2 Å². The van der Waals surface area contributed by atoms with Gasteiger partial charge in [0.2, 0.25) is 0 Å². The molecular formula is C18H25ClN4O2. The van der Waals surface area contributed by atoms with Gasteiger partial charge in [0.25, 0.3) is 0 Å². The van der Waals surface area contributed by atoms with Gasteiger partial charge in [-0.2, -0.15) is 0 Å². The minimum atomic E-state index is -0.292. The zero-order chi connectivity index (χ0) is 18.6. The molecule has 136 valence electrons. The van der Waals surface area contributed by atoms with Crippen molar-refractivity contribution in [3.05, 3.63) is 41.4 Å². The van der Waals surface area contributed by atoms with Crippen molar-refractivity contribution in [1.82, 2.24) is 14.9 Å². The number of imidazole rings is 1. The number of urea groups is 1. The maximum atomic E-state index is 12.5. The molecule has 2 N–H and O–H groups in total. The first-order valence-electron chi connectivity index (χ1n) is 8.08. The third-order valence-corrected chi connectivity index (χ3v) is 4.44. The van der Waals surface area contributed by atoms with Crippen LogP contribution in [0, 0.1) is 12.3 Å². The molecule has 2 aromatic rings. The predicted molar refractivity (Wildman–Crippen MR) is 100 cm³/mol. The highest BCUT2D eigenvalue weighted by Crippen LogP contribution is 2.31. The molecule has 6 nitrogen and oxygen atoms in total. The number of ether oxygens (including phenoxy) is 1. The number of carbonyl (C=O) groups excluding carboxylic acids is 1. The molecule has 1 aromatic heterocycles. The van der Waals surface area contributed by atoms with Crippen molar-refractivity contribution in [3.63, 3.8) is 0 Å². The minimum absolute atomic E-state index is 0.0823. The van der Waals surface area contributed by atoms with Crippen LogP contribution in [0.2, 0.25) is 5.02 Å². The summed E-state index contributed by atoms with van der Waals surface area (Å²) in [7, 11) is 1.54. The number of aryl methyl sites for hydroxylation is 1. The molecule has 1 heterocycles. The van der Waals surface area contributed by atoms with Gasteiger partial charge >= 0.3 is 6.03 Å². The van der Waals surface area contributed by atoms with E-state index >= 15 is 0 Å². The lowest BCUT2D eigenvalue weighted by atomic mass is 9.86. The highest BCUT2D eigenvalue weighted by molar-refractivity contribution is 6.31. The van der Waals surface area contributed by atoms with E-state index in [9.17, 15) is 4.79 Å². The molecule has 0 saturated heterocycles. The first-order valence-corrected chi connectivity index (χ1v) is 8.46. The van der Waals surface area contributed by atoms with Crippen molar-refractivity contribution in [2.24, 2.45) is 5.41 Å². The number of methoxy groups -OCH3 is 1. The van der Waals surface area contributed by atoms with E-state index in [1.165, 1.54) is 0 Å². The Morgan fingerprint density at radius 1 is 1.40 bits per heavy atom. The van der Waals surface area contributed by atoms with E-state index in [1.807, 2.05) is 17.7 Å². The fourth-order valence-electron chi connectivity index (χ4n) is 2.39. The first kappa shape index (κ1) is 19.1. The maximum absolute atomic E-state index is 12.5. The van der Waals surface area contributed by atoms with Crippen LogP contribution in [-0.2, 0) is 6.54 Å². The van der Waals surface area contributed by atoms with Crippen molar-refractivity contribution in [1.29, 1.82) is 0 Å². The van der Waals surface area contributed by atoms with Gasteiger partial charge in [-0.25, -0.2) is 9.78 Å². The molecule has 0 radical (unpaired) electrons. The van der Waals surface area contributed by atoms with Crippen LogP contribution in [0.3, 0.4) is 0 Å². The molecule has 0 aliphatic heterocycles. The van der Waals surface area contributed by atoms with Crippen LogP contribution < -0.4 is 15.4 Å². The Morgan fingerprint density at radius 3 is 2.68 bits per heavy atom. The number of anilines is 1. The number of hydrogen-bond acceptors (Lipinski definition) is 3. The zero-order valence-electron chi connectivity index (χ0n) is 15.3. The summed E-state index contributed by atoms with van der Waals surface area (Å²) in [4.78, 5) is 16.6. The van der Waals surface area contributed by atoms with Gasteiger partial charge in [-0.15, -0.1) is 0 Å². The Bertz CT molecular complexity index is 723. The smallest absolute Gasteiger partial charge is 0.319 e. The Balaban J connectivity index is 2.12. The van der Waals surface area contributed by atoms with Crippen LogP contribution in [-0.4, -0.2) is 28.7 Å². The lowest BCUT2D eigenvalue weighted by Crippen LogP contribution is -2.47. The Labute approximate surface area is 153 Å². The van der Waals surface area contributed by atoms with Crippen molar-refractivity contribution in [2.45, 2.75) is 40.3 Å². The molecule has 25 heavy (non-hydrogen) atoms. The van der Waals surface area contributed by atoms with Gasteiger partial charge in [0.15, 0.2) is 0 Å². The number of halogens is 1. The number of rotatable bonds is 5. The van der Waals surface area contributed by atoms with Crippen LogP contribution in [0.5, 0.6) is 5.75 Å². The van der Waals surface area contributed by atoms with Gasteiger partial charge in [-0.05, 0) is 24.0 Å². The van der Waals surface area contributed by atoms with Crippen LogP contribution in [0.25, 0.3) is 0 Å². The molecule has 0 spiro atoms. The zero-order valence-corrected chi connectivity index (χ0v) is 16.0. The number of nitrogens with zero attached hydrogens (tertiary/aromatic N) is 2. The summed E-state index contributed by atoms with van der Waals surface area (Å²) in [5, 5.41) is 6.49. The highest BCUT2D eigenvalue weighted by atomic mass is 35.5. The monoisotopic (exact) mass is 364 g/mol. The van der Waals surface area contributed by atoms with Crippen molar-refractivity contribution < 1.29 is 9.53 Å². The maximum Gasteiger partial charge on any atom is 0.319 e. The van der Waals surface area contributed by atoms with E-state index in [1.54, 1.807) is 31.8 Å². The summed E-state index contributed by atoms with van der Waals surface area (Å²) in [6.07, 6.45) is 5.34. The minimum Gasteiger partial charge on any atom is -0.495 e. The summed E-state index contributed by atoms with van der Waals surface area (Å²) >= 11 is 6.11. The lowest BCUT2D eigenvalue weighted by molar-refractivity contribution is 0.218. The van der Waals surface area contributed by atoms with Gasteiger partial charge in [0.05, 0.1) is 25.2 Å². The molecule has 2 amide bonds. The third kappa shape index (κ3) is 5.13. The van der Waals surface area contributed by atoms with E-state index in [4.69, 9.17) is 16.3 Å². The van der Waals surface area contributed by atoms with Gasteiger partial charge < -0.3 is 19.9 Å². The lowest BCUT2D eigenvalue weighted by Gasteiger charge is -2.31. The number of benzene rings is 1. The summed E-state index contributed by atoms with van der Waals surface area (Å²) in [6.45, 7) is 8.77. The molecule has 2 rings (SSSR count). The third-order valence-electron chi connectivity index (χ3n) is 4.03. The molecule has 0 aliphatic carbocycles. The van der Waals surface area contributed by atoms with Gasteiger partial charge in [0, 0.05) is 30.0 Å². The quantitative estimate of drug-likeness (QED) is 0.839. The SMILES string of the molecule is COc1cc(Cl)c(C)cc1NC(=O)NC(Cn1ccnc1)C(C)(C)C. The Hall–Kier alpha value is -2.21. The normalized spacial score (nSPS) is 12.6. The Kier molecular flexibility index (Phi) is 5.95. The van der Waals surface area contributed by atoms with E-state index in [2.05, 4.69) is 36.4 Å². The van der Waals surface area contributed by atoms with Crippen molar-refractivity contribution in [2.75, 3.05) is 12.4 Å². The second kappa shape index (κ2) is 7.78. The fourth-order valence-corrected chi connectivity index (χ4v) is 2.54. The molecule has 1 unspecified atom stereocenters. The molecule has 1 aromatic carbocycles. The molecule has 0 bridgehead atoms. The first-order chi connectivity index (χ1) is 11.7. The standard InChI is InChI=1S/C18H25ClN4O2/c1-12-8-14(15(25-5)9-13(12)19)21-17(24)22-16(18(2,3)4)10-23-7-6-20-11-23/h6-9,11,16H,10H2,1-5H3,(H2,21,22,24). The second-order valence-corrected chi connectivity index (χ2v) is 7.49. The van der Waals surface area contributed by atoms with Gasteiger partial charge in [0.1, 0.15) is 5.75 Å². The van der Waals surface area contributed by atoms with E-state index in [0.29, 0.717) is 23.0 Å². The van der Waals surface area contributed by atoms with E-state index in [0.717, 1.165) is 5.56 Å². The van der Waals surface area contributed by atoms with Crippen LogP contribution in [0.15, 0.2) is 30.9 Å². The average Bonchev–Trinajstić information content (AvgIpc) is 3.02. The molecule has 0 fully saturated rings. The number of hydrogen-bond donors (Lipinski definition) is 2. The molecule has 0 aliphatic rings. The summed E-state index contributed by atoms with van der Waals surface area (Å²) in [5.74, 6) is 0.521. The predicted octanol–water partition coefficient (Wildman–Crippen LogP) is 4.09.